The van der Waals surface area contributed by atoms with E-state index >= 15 is 0 Å². The molecule has 3 rings (SSSR count). The van der Waals surface area contributed by atoms with Crippen LogP contribution >= 0.6 is 11.3 Å². The van der Waals surface area contributed by atoms with Crippen LogP contribution in [-0.2, 0) is 0 Å². The third kappa shape index (κ3) is 2.39. The Morgan fingerprint density at radius 2 is 2.53 bits per heavy atom. The van der Waals surface area contributed by atoms with E-state index in [2.05, 4.69) is 22.5 Å². The van der Waals surface area contributed by atoms with Gasteiger partial charge in [0.25, 0.3) is 0 Å². The van der Waals surface area contributed by atoms with Gasteiger partial charge in [-0.05, 0) is 38.1 Å². The van der Waals surface area contributed by atoms with Crippen LogP contribution < -0.4 is 10.6 Å². The number of thiazole rings is 1. The lowest BCUT2D eigenvalue weighted by Gasteiger charge is -2.21. The molecule has 3 nitrogen and oxygen atoms in total. The summed E-state index contributed by atoms with van der Waals surface area (Å²) in [6, 6.07) is 1.07. The van der Waals surface area contributed by atoms with Crippen molar-refractivity contribution >= 4 is 11.3 Å². The van der Waals surface area contributed by atoms with E-state index in [4.69, 9.17) is 0 Å². The maximum Gasteiger partial charge on any atom is 0.109 e. The molecule has 0 radical (unpaired) electrons. The number of nitrogens with one attached hydrogen (secondary N) is 2. The molecule has 1 saturated carbocycles. The predicted octanol–water partition coefficient (Wildman–Crippen LogP) is 2.18. The molecule has 0 amide bonds. The summed E-state index contributed by atoms with van der Waals surface area (Å²) >= 11 is 1.74. The van der Waals surface area contributed by atoms with Gasteiger partial charge in [0, 0.05) is 24.2 Å². The van der Waals surface area contributed by atoms with Crippen LogP contribution in [0.15, 0.2) is 11.6 Å². The molecular weight excluding hydrogens is 230 g/mol. The van der Waals surface area contributed by atoms with Crippen molar-refractivity contribution in [3.63, 3.8) is 0 Å². The molecule has 94 valence electrons. The summed E-state index contributed by atoms with van der Waals surface area (Å²) in [5.74, 6) is 1.88. The van der Waals surface area contributed by atoms with Gasteiger partial charge in [0.2, 0.25) is 0 Å². The van der Waals surface area contributed by atoms with Crippen molar-refractivity contribution in [2.45, 2.75) is 38.3 Å². The SMILES string of the molecule is CC(NCC1NCC2CCCC21)c1nccs1. The highest BCUT2D eigenvalue weighted by Gasteiger charge is 2.38. The van der Waals surface area contributed by atoms with Gasteiger partial charge in [-0.3, -0.25) is 0 Å². The number of aromatic nitrogens is 1. The molecule has 4 atom stereocenters. The first kappa shape index (κ1) is 11.6. The summed E-state index contributed by atoms with van der Waals surface area (Å²) in [7, 11) is 0. The van der Waals surface area contributed by atoms with Crippen molar-refractivity contribution < 1.29 is 0 Å². The van der Waals surface area contributed by atoms with Gasteiger partial charge in [-0.2, -0.15) is 0 Å². The van der Waals surface area contributed by atoms with Gasteiger partial charge in [0.05, 0.1) is 6.04 Å². The minimum atomic E-state index is 0.386. The quantitative estimate of drug-likeness (QED) is 0.861. The lowest BCUT2D eigenvalue weighted by atomic mass is 9.94. The molecule has 1 saturated heterocycles. The van der Waals surface area contributed by atoms with Gasteiger partial charge in [-0.25, -0.2) is 4.98 Å². The molecule has 2 fully saturated rings. The van der Waals surface area contributed by atoms with Crippen molar-refractivity contribution in [1.29, 1.82) is 0 Å². The highest BCUT2D eigenvalue weighted by atomic mass is 32.1. The minimum absolute atomic E-state index is 0.386. The van der Waals surface area contributed by atoms with E-state index in [9.17, 15) is 0 Å². The lowest BCUT2D eigenvalue weighted by molar-refractivity contribution is 0.380. The number of nitrogens with zero attached hydrogens (tertiary/aromatic N) is 1. The molecule has 2 heterocycles. The molecule has 2 N–H and O–H groups in total. The van der Waals surface area contributed by atoms with E-state index in [-0.39, 0.29) is 0 Å². The van der Waals surface area contributed by atoms with Gasteiger partial charge in [0.1, 0.15) is 5.01 Å². The predicted molar refractivity (Wildman–Crippen MR) is 71.2 cm³/mol. The summed E-state index contributed by atoms with van der Waals surface area (Å²) in [5, 5.41) is 10.6. The van der Waals surface area contributed by atoms with Gasteiger partial charge in [0.15, 0.2) is 0 Å². The Morgan fingerprint density at radius 3 is 3.35 bits per heavy atom. The van der Waals surface area contributed by atoms with Crippen LogP contribution in [0.3, 0.4) is 0 Å². The molecule has 2 aliphatic rings. The second-order valence-electron chi connectivity index (χ2n) is 5.37. The zero-order chi connectivity index (χ0) is 11.7. The molecular formula is C13H21N3S. The Kier molecular flexibility index (Phi) is 3.45. The van der Waals surface area contributed by atoms with Crippen molar-refractivity contribution in [1.82, 2.24) is 15.6 Å². The Morgan fingerprint density at radius 1 is 1.59 bits per heavy atom. The first-order chi connectivity index (χ1) is 8.34. The highest BCUT2D eigenvalue weighted by molar-refractivity contribution is 7.09. The van der Waals surface area contributed by atoms with E-state index in [1.807, 2.05) is 11.6 Å². The monoisotopic (exact) mass is 251 g/mol. The maximum absolute atomic E-state index is 4.36. The molecule has 1 aliphatic heterocycles. The highest BCUT2D eigenvalue weighted by Crippen LogP contribution is 2.37. The van der Waals surface area contributed by atoms with Crippen molar-refractivity contribution in [2.75, 3.05) is 13.1 Å². The topological polar surface area (TPSA) is 37.0 Å². The normalized spacial score (nSPS) is 33.8. The van der Waals surface area contributed by atoms with Crippen LogP contribution in [0.4, 0.5) is 0 Å². The fourth-order valence-electron chi connectivity index (χ4n) is 3.37. The molecule has 1 aromatic rings. The van der Waals surface area contributed by atoms with Crippen LogP contribution in [0.5, 0.6) is 0 Å². The smallest absolute Gasteiger partial charge is 0.109 e. The van der Waals surface area contributed by atoms with Crippen LogP contribution in [-0.4, -0.2) is 24.1 Å². The summed E-state index contributed by atoms with van der Waals surface area (Å²) in [6.45, 7) is 4.53. The number of hydrogen-bond donors (Lipinski definition) is 2. The fraction of sp³-hybridized carbons (Fsp3) is 0.769. The fourth-order valence-corrected chi connectivity index (χ4v) is 4.04. The second-order valence-corrected chi connectivity index (χ2v) is 6.30. The largest absolute Gasteiger partial charge is 0.312 e. The third-order valence-electron chi connectivity index (χ3n) is 4.34. The van der Waals surface area contributed by atoms with Gasteiger partial charge in [-0.1, -0.05) is 6.42 Å². The third-order valence-corrected chi connectivity index (χ3v) is 5.30. The Labute approximate surface area is 107 Å². The zero-order valence-electron chi connectivity index (χ0n) is 10.4. The van der Waals surface area contributed by atoms with E-state index < -0.39 is 0 Å². The Balaban J connectivity index is 1.51. The standard InChI is InChI=1S/C13H21N3S/c1-9(13-14-5-6-17-13)15-8-12-11-4-2-3-10(11)7-16-12/h5-6,9-12,15-16H,2-4,7-8H2,1H3. The van der Waals surface area contributed by atoms with Crippen LogP contribution in [0.1, 0.15) is 37.2 Å². The Bertz CT molecular complexity index is 352. The van der Waals surface area contributed by atoms with Gasteiger partial charge in [-0.15, -0.1) is 11.3 Å². The van der Waals surface area contributed by atoms with Crippen molar-refractivity contribution in [2.24, 2.45) is 11.8 Å². The molecule has 4 heteroatoms. The molecule has 1 aromatic heterocycles. The molecule has 0 aromatic carbocycles. The Hall–Kier alpha value is -0.450. The van der Waals surface area contributed by atoms with E-state index in [0.717, 1.165) is 18.4 Å². The maximum atomic E-state index is 4.36. The zero-order valence-corrected chi connectivity index (χ0v) is 11.2. The van der Waals surface area contributed by atoms with E-state index in [1.54, 1.807) is 11.3 Å². The van der Waals surface area contributed by atoms with Crippen molar-refractivity contribution in [3.05, 3.63) is 16.6 Å². The molecule has 1 aliphatic carbocycles. The van der Waals surface area contributed by atoms with Crippen molar-refractivity contribution in [3.8, 4) is 0 Å². The lowest BCUT2D eigenvalue weighted by Crippen LogP contribution is -2.38. The molecule has 0 bridgehead atoms. The average molecular weight is 251 g/mol. The van der Waals surface area contributed by atoms with E-state index in [0.29, 0.717) is 12.1 Å². The first-order valence-electron chi connectivity index (χ1n) is 6.71. The summed E-state index contributed by atoms with van der Waals surface area (Å²) < 4.78 is 0. The number of rotatable bonds is 4. The molecule has 17 heavy (non-hydrogen) atoms. The van der Waals surface area contributed by atoms with Crippen LogP contribution in [0, 0.1) is 11.8 Å². The van der Waals surface area contributed by atoms with E-state index in [1.165, 1.54) is 30.8 Å². The van der Waals surface area contributed by atoms with Crippen LogP contribution in [0.2, 0.25) is 0 Å². The van der Waals surface area contributed by atoms with Gasteiger partial charge < -0.3 is 10.6 Å². The molecule has 0 spiro atoms. The number of hydrogen-bond acceptors (Lipinski definition) is 4. The number of fused-ring (bicyclic) bond motifs is 1. The second kappa shape index (κ2) is 5.04. The van der Waals surface area contributed by atoms with Gasteiger partial charge >= 0.3 is 0 Å². The summed E-state index contributed by atoms with van der Waals surface area (Å²) in [4.78, 5) is 4.36. The summed E-state index contributed by atoms with van der Waals surface area (Å²) in [5.41, 5.74) is 0. The average Bonchev–Trinajstić information content (AvgIpc) is 3.03. The molecule has 4 unspecified atom stereocenters. The first-order valence-corrected chi connectivity index (χ1v) is 7.58. The minimum Gasteiger partial charge on any atom is -0.312 e. The summed E-state index contributed by atoms with van der Waals surface area (Å²) in [6.07, 6.45) is 6.19. The van der Waals surface area contributed by atoms with Crippen LogP contribution in [0.25, 0.3) is 0 Å².